The molecule has 4 rings (SSSR count). The van der Waals surface area contributed by atoms with Gasteiger partial charge in [-0.05, 0) is 24.8 Å². The second-order valence-electron chi connectivity index (χ2n) is 7.15. The highest BCUT2D eigenvalue weighted by Gasteiger charge is 2.34. The SMILES string of the molecule is CSc1ccc(-c2cnc(C3CN(C(=O)CCC4COC(=O)N4)C3)nc2)c(Cl)c1. The Labute approximate surface area is 178 Å². The quantitative estimate of drug-likeness (QED) is 0.705. The predicted molar refractivity (Wildman–Crippen MR) is 111 cm³/mol. The molecule has 0 bridgehead atoms. The van der Waals surface area contributed by atoms with Crippen molar-refractivity contribution in [3.8, 4) is 11.1 Å². The van der Waals surface area contributed by atoms with Crippen molar-refractivity contribution in [2.45, 2.75) is 29.7 Å². The van der Waals surface area contributed by atoms with Crippen LogP contribution in [0.2, 0.25) is 5.02 Å². The lowest BCUT2D eigenvalue weighted by Gasteiger charge is -2.38. The fourth-order valence-electron chi connectivity index (χ4n) is 3.43. The van der Waals surface area contributed by atoms with Gasteiger partial charge in [0.25, 0.3) is 0 Å². The van der Waals surface area contributed by atoms with Gasteiger partial charge in [0.1, 0.15) is 12.4 Å². The zero-order chi connectivity index (χ0) is 20.4. The van der Waals surface area contributed by atoms with Crippen LogP contribution < -0.4 is 5.32 Å². The first-order valence-corrected chi connectivity index (χ1v) is 11.0. The molecule has 0 saturated carbocycles. The summed E-state index contributed by atoms with van der Waals surface area (Å²) in [6.07, 6.45) is 6.16. The van der Waals surface area contributed by atoms with Crippen molar-refractivity contribution in [1.29, 1.82) is 0 Å². The number of aromatic nitrogens is 2. The lowest BCUT2D eigenvalue weighted by atomic mass is 9.97. The van der Waals surface area contributed by atoms with E-state index < -0.39 is 6.09 Å². The summed E-state index contributed by atoms with van der Waals surface area (Å²) in [7, 11) is 0. The van der Waals surface area contributed by atoms with Crippen molar-refractivity contribution < 1.29 is 14.3 Å². The fraction of sp³-hybridized carbons (Fsp3) is 0.400. The van der Waals surface area contributed by atoms with E-state index in [4.69, 9.17) is 16.3 Å². The monoisotopic (exact) mass is 432 g/mol. The summed E-state index contributed by atoms with van der Waals surface area (Å²) >= 11 is 8.02. The van der Waals surface area contributed by atoms with Gasteiger partial charge in [0.2, 0.25) is 5.91 Å². The number of benzene rings is 1. The summed E-state index contributed by atoms with van der Waals surface area (Å²) in [5, 5.41) is 3.36. The summed E-state index contributed by atoms with van der Waals surface area (Å²) in [5.74, 6) is 0.975. The number of nitrogens with zero attached hydrogens (tertiary/aromatic N) is 3. The van der Waals surface area contributed by atoms with E-state index >= 15 is 0 Å². The van der Waals surface area contributed by atoms with Gasteiger partial charge in [-0.15, -0.1) is 11.8 Å². The zero-order valence-corrected chi connectivity index (χ0v) is 17.5. The maximum absolute atomic E-state index is 12.3. The summed E-state index contributed by atoms with van der Waals surface area (Å²) in [6, 6.07) is 5.87. The van der Waals surface area contributed by atoms with Crippen molar-refractivity contribution in [3.05, 3.63) is 41.4 Å². The zero-order valence-electron chi connectivity index (χ0n) is 15.9. The highest BCUT2D eigenvalue weighted by Crippen LogP contribution is 2.32. The standard InChI is InChI=1S/C20H21ClN4O3S/c1-29-15-3-4-16(17(21)6-15)12-7-22-19(23-8-12)13-9-25(10-13)18(26)5-2-14-11-28-20(27)24-14/h3-4,6-8,13-14H,2,5,9-11H2,1H3,(H,24,27). The highest BCUT2D eigenvalue weighted by atomic mass is 35.5. The minimum atomic E-state index is -0.409. The van der Waals surface area contributed by atoms with Gasteiger partial charge in [-0.2, -0.15) is 0 Å². The second-order valence-corrected chi connectivity index (χ2v) is 8.44. The first-order chi connectivity index (χ1) is 14.0. The third-order valence-corrected chi connectivity index (χ3v) is 6.24. The van der Waals surface area contributed by atoms with Gasteiger partial charge in [-0.3, -0.25) is 4.79 Å². The van der Waals surface area contributed by atoms with Crippen molar-refractivity contribution >= 4 is 35.4 Å². The van der Waals surface area contributed by atoms with E-state index in [0.717, 1.165) is 21.8 Å². The molecule has 2 aromatic rings. The first kappa shape index (κ1) is 20.0. The number of hydrogen-bond donors (Lipinski definition) is 1. The molecular weight excluding hydrogens is 412 g/mol. The Morgan fingerprint density at radius 3 is 2.72 bits per heavy atom. The number of hydrogen-bond acceptors (Lipinski definition) is 6. The fourth-order valence-corrected chi connectivity index (χ4v) is 4.22. The van der Waals surface area contributed by atoms with Crippen molar-refractivity contribution in [2.24, 2.45) is 0 Å². The molecule has 0 radical (unpaired) electrons. The molecule has 2 aliphatic rings. The minimum Gasteiger partial charge on any atom is -0.447 e. The molecule has 9 heteroatoms. The van der Waals surface area contributed by atoms with E-state index in [2.05, 4.69) is 15.3 Å². The molecule has 2 aliphatic heterocycles. The molecule has 3 heterocycles. The van der Waals surface area contributed by atoms with Gasteiger partial charge in [0, 0.05) is 52.9 Å². The van der Waals surface area contributed by atoms with E-state index in [-0.39, 0.29) is 17.9 Å². The number of carbonyl (C=O) groups is 2. The maximum Gasteiger partial charge on any atom is 0.407 e. The van der Waals surface area contributed by atoms with E-state index in [9.17, 15) is 9.59 Å². The Morgan fingerprint density at radius 1 is 1.34 bits per heavy atom. The number of halogens is 1. The molecule has 1 aromatic heterocycles. The summed E-state index contributed by atoms with van der Waals surface area (Å²) in [6.45, 7) is 1.57. The number of nitrogens with one attached hydrogen (secondary N) is 1. The molecule has 7 nitrogen and oxygen atoms in total. The van der Waals surface area contributed by atoms with E-state index in [1.165, 1.54) is 0 Å². The normalized spacial score (nSPS) is 18.9. The summed E-state index contributed by atoms with van der Waals surface area (Å²) in [4.78, 5) is 35.2. The van der Waals surface area contributed by atoms with Crippen LogP contribution in [0.3, 0.4) is 0 Å². The number of rotatable bonds is 6. The average Bonchev–Trinajstić information content (AvgIpc) is 3.11. The van der Waals surface area contributed by atoms with Crippen LogP contribution in [0.1, 0.15) is 24.6 Å². The Kier molecular flexibility index (Phi) is 5.91. The lowest BCUT2D eigenvalue weighted by Crippen LogP contribution is -2.49. The summed E-state index contributed by atoms with van der Waals surface area (Å²) < 4.78 is 4.83. The third kappa shape index (κ3) is 4.48. The molecule has 1 unspecified atom stereocenters. The number of likely N-dealkylation sites (tertiary alicyclic amines) is 1. The molecular formula is C20H21ClN4O3S. The number of cyclic esters (lactones) is 1. The minimum absolute atomic E-state index is 0.0730. The number of carbonyl (C=O) groups excluding carboxylic acids is 2. The van der Waals surface area contributed by atoms with Crippen LogP contribution in [0.4, 0.5) is 4.79 Å². The molecule has 2 amide bonds. The van der Waals surface area contributed by atoms with Crippen LogP contribution in [-0.2, 0) is 9.53 Å². The van der Waals surface area contributed by atoms with Gasteiger partial charge in [-0.25, -0.2) is 14.8 Å². The first-order valence-electron chi connectivity index (χ1n) is 9.40. The number of alkyl carbamates (subject to hydrolysis) is 1. The maximum atomic E-state index is 12.3. The third-order valence-electron chi connectivity index (χ3n) is 5.20. The Balaban J connectivity index is 1.30. The van der Waals surface area contributed by atoms with Crippen molar-refractivity contribution in [1.82, 2.24) is 20.2 Å². The molecule has 1 atom stereocenters. The lowest BCUT2D eigenvalue weighted by molar-refractivity contribution is -0.135. The van der Waals surface area contributed by atoms with Gasteiger partial charge >= 0.3 is 6.09 Å². The van der Waals surface area contributed by atoms with Crippen LogP contribution in [-0.4, -0.2) is 58.9 Å². The predicted octanol–water partition coefficient (Wildman–Crippen LogP) is 3.33. The number of ether oxygens (including phenoxy) is 1. The van der Waals surface area contributed by atoms with Gasteiger partial charge in [0.05, 0.1) is 12.0 Å². The molecule has 152 valence electrons. The molecule has 1 N–H and O–H groups in total. The topological polar surface area (TPSA) is 84.4 Å². The molecule has 0 aliphatic carbocycles. The number of thioether (sulfide) groups is 1. The van der Waals surface area contributed by atoms with Gasteiger partial charge in [-0.1, -0.05) is 17.7 Å². The van der Waals surface area contributed by atoms with Gasteiger partial charge in [0.15, 0.2) is 0 Å². The molecule has 1 aromatic carbocycles. The molecule has 2 fully saturated rings. The Hall–Kier alpha value is -2.32. The molecule has 0 spiro atoms. The van der Waals surface area contributed by atoms with Crippen LogP contribution in [0.5, 0.6) is 0 Å². The van der Waals surface area contributed by atoms with E-state index in [1.54, 1.807) is 29.1 Å². The average molecular weight is 433 g/mol. The van der Waals surface area contributed by atoms with Crippen LogP contribution >= 0.6 is 23.4 Å². The second kappa shape index (κ2) is 8.59. The molecule has 29 heavy (non-hydrogen) atoms. The van der Waals surface area contributed by atoms with Crippen LogP contribution in [0, 0.1) is 0 Å². The van der Waals surface area contributed by atoms with Crippen LogP contribution in [0.15, 0.2) is 35.5 Å². The van der Waals surface area contributed by atoms with Gasteiger partial charge < -0.3 is 15.0 Å². The Bertz CT molecular complexity index is 918. The van der Waals surface area contributed by atoms with Crippen molar-refractivity contribution in [3.63, 3.8) is 0 Å². The largest absolute Gasteiger partial charge is 0.447 e. The molecule has 2 saturated heterocycles. The highest BCUT2D eigenvalue weighted by molar-refractivity contribution is 7.98. The smallest absolute Gasteiger partial charge is 0.407 e. The van der Waals surface area contributed by atoms with Crippen molar-refractivity contribution in [2.75, 3.05) is 26.0 Å². The van der Waals surface area contributed by atoms with Crippen LogP contribution in [0.25, 0.3) is 11.1 Å². The summed E-state index contributed by atoms with van der Waals surface area (Å²) in [5.41, 5.74) is 1.78. The Morgan fingerprint density at radius 2 is 2.10 bits per heavy atom. The van der Waals surface area contributed by atoms with E-state index in [1.807, 2.05) is 24.5 Å². The number of amides is 2. The van der Waals surface area contributed by atoms with E-state index in [0.29, 0.717) is 37.6 Å².